The molecular weight excluding hydrogens is 272 g/mol. The molecule has 0 aliphatic rings. The average Bonchev–Trinajstić information content (AvgIpc) is 2.66. The third kappa shape index (κ3) is 2.94. The summed E-state index contributed by atoms with van der Waals surface area (Å²) in [5, 5.41) is 12.9. The molecule has 0 bridgehead atoms. The zero-order valence-electron chi connectivity index (χ0n) is 12.0. The number of carbonyl (C=O) groups excluding carboxylic acids is 1. The van der Waals surface area contributed by atoms with Crippen LogP contribution in [0.15, 0.2) is 18.2 Å². The number of aryl methyl sites for hydroxylation is 1. The van der Waals surface area contributed by atoms with E-state index in [0.29, 0.717) is 17.0 Å². The molecule has 5 heteroatoms. The molecule has 0 radical (unpaired) electrons. The first-order chi connectivity index (χ1) is 9.34. The second kappa shape index (κ2) is 5.42. The fourth-order valence-corrected chi connectivity index (χ4v) is 3.10. The maximum atomic E-state index is 12.3. The predicted octanol–water partition coefficient (Wildman–Crippen LogP) is 2.68. The Morgan fingerprint density at radius 2 is 2.15 bits per heavy atom. The summed E-state index contributed by atoms with van der Waals surface area (Å²) in [4.78, 5) is 12.9. The first-order valence-corrected chi connectivity index (χ1v) is 7.38. The van der Waals surface area contributed by atoms with Crippen molar-refractivity contribution in [1.82, 2.24) is 5.32 Å². The van der Waals surface area contributed by atoms with E-state index in [-0.39, 0.29) is 12.5 Å². The minimum absolute atomic E-state index is 0.0361. The van der Waals surface area contributed by atoms with Crippen molar-refractivity contribution in [2.45, 2.75) is 32.7 Å². The van der Waals surface area contributed by atoms with Gasteiger partial charge >= 0.3 is 0 Å². The van der Waals surface area contributed by atoms with Crippen molar-refractivity contribution >= 4 is 33.0 Å². The molecule has 0 spiro atoms. The molecule has 1 aromatic heterocycles. The minimum Gasteiger partial charge on any atom is -0.397 e. The second-order valence-electron chi connectivity index (χ2n) is 5.66. The maximum absolute atomic E-state index is 12.3. The molecule has 0 unspecified atom stereocenters. The Balaban J connectivity index is 2.33. The zero-order chi connectivity index (χ0) is 14.9. The lowest BCUT2D eigenvalue weighted by Gasteiger charge is -2.25. The van der Waals surface area contributed by atoms with Gasteiger partial charge in [0.25, 0.3) is 5.91 Å². The highest BCUT2D eigenvalue weighted by molar-refractivity contribution is 7.21. The van der Waals surface area contributed by atoms with Crippen LogP contribution in [0.1, 0.15) is 35.5 Å². The smallest absolute Gasteiger partial charge is 0.263 e. The van der Waals surface area contributed by atoms with Crippen LogP contribution in [0.3, 0.4) is 0 Å². The maximum Gasteiger partial charge on any atom is 0.263 e. The number of fused-ring (bicyclic) bond motifs is 1. The average molecular weight is 292 g/mol. The molecule has 108 valence electrons. The second-order valence-corrected chi connectivity index (χ2v) is 6.71. The zero-order valence-corrected chi connectivity index (χ0v) is 12.8. The molecule has 2 aromatic rings. The van der Waals surface area contributed by atoms with Crippen LogP contribution in [-0.2, 0) is 0 Å². The third-order valence-electron chi connectivity index (χ3n) is 3.28. The summed E-state index contributed by atoms with van der Waals surface area (Å²) >= 11 is 1.40. The SMILES string of the molecule is Cc1ccc2sc(C(=O)NC(C)(C)CCO)c(N)c2c1. The number of amides is 1. The fraction of sp³-hybridized carbons (Fsp3) is 0.400. The molecule has 4 nitrogen and oxygen atoms in total. The standard InChI is InChI=1S/C15H20N2O2S/c1-9-4-5-11-10(8-9)12(16)13(20-11)14(19)17-15(2,3)6-7-18/h4-5,8,18H,6-7,16H2,1-3H3,(H,17,19). The van der Waals surface area contributed by atoms with Crippen LogP contribution in [0.5, 0.6) is 0 Å². The summed E-state index contributed by atoms with van der Waals surface area (Å²) < 4.78 is 1.01. The minimum atomic E-state index is -0.454. The molecular formula is C15H20N2O2S. The van der Waals surface area contributed by atoms with E-state index >= 15 is 0 Å². The number of benzene rings is 1. The lowest BCUT2D eigenvalue weighted by atomic mass is 10.0. The number of aliphatic hydroxyl groups is 1. The van der Waals surface area contributed by atoms with Gasteiger partial charge in [0, 0.05) is 22.2 Å². The molecule has 0 saturated heterocycles. The van der Waals surface area contributed by atoms with Gasteiger partial charge in [0.05, 0.1) is 5.69 Å². The number of nitrogen functional groups attached to an aromatic ring is 1. The number of hydrogen-bond donors (Lipinski definition) is 3. The van der Waals surface area contributed by atoms with Crippen molar-refractivity contribution in [2.75, 3.05) is 12.3 Å². The highest BCUT2D eigenvalue weighted by atomic mass is 32.1. The molecule has 0 aliphatic carbocycles. The Morgan fingerprint density at radius 1 is 1.45 bits per heavy atom. The van der Waals surface area contributed by atoms with E-state index in [2.05, 4.69) is 5.32 Å². The monoisotopic (exact) mass is 292 g/mol. The molecule has 1 amide bonds. The van der Waals surface area contributed by atoms with Crippen LogP contribution in [0, 0.1) is 6.92 Å². The predicted molar refractivity (Wildman–Crippen MR) is 84.2 cm³/mol. The van der Waals surface area contributed by atoms with Crippen LogP contribution in [0.25, 0.3) is 10.1 Å². The molecule has 0 atom stereocenters. The number of aliphatic hydroxyl groups excluding tert-OH is 1. The Labute approximate surface area is 122 Å². The Kier molecular flexibility index (Phi) is 4.01. The topological polar surface area (TPSA) is 75.3 Å². The van der Waals surface area contributed by atoms with Crippen LogP contribution < -0.4 is 11.1 Å². The Hall–Kier alpha value is -1.59. The highest BCUT2D eigenvalue weighted by Crippen LogP contribution is 2.34. The van der Waals surface area contributed by atoms with E-state index < -0.39 is 5.54 Å². The number of nitrogens with two attached hydrogens (primary N) is 1. The van der Waals surface area contributed by atoms with Crippen LogP contribution in [0.4, 0.5) is 5.69 Å². The lowest BCUT2D eigenvalue weighted by Crippen LogP contribution is -2.43. The van der Waals surface area contributed by atoms with Gasteiger partial charge in [0.1, 0.15) is 4.88 Å². The largest absolute Gasteiger partial charge is 0.397 e. The van der Waals surface area contributed by atoms with Gasteiger partial charge in [-0.05, 0) is 39.3 Å². The molecule has 0 aliphatic heterocycles. The van der Waals surface area contributed by atoms with Crippen molar-refractivity contribution in [2.24, 2.45) is 0 Å². The molecule has 20 heavy (non-hydrogen) atoms. The number of hydrogen-bond acceptors (Lipinski definition) is 4. The summed E-state index contributed by atoms with van der Waals surface area (Å²) in [5.74, 6) is -0.181. The van der Waals surface area contributed by atoms with Crippen molar-refractivity contribution in [3.05, 3.63) is 28.6 Å². The van der Waals surface area contributed by atoms with Gasteiger partial charge in [-0.3, -0.25) is 4.79 Å². The Bertz CT molecular complexity index is 647. The summed E-state index contributed by atoms with van der Waals surface area (Å²) in [5.41, 5.74) is 7.30. The highest BCUT2D eigenvalue weighted by Gasteiger charge is 2.23. The van der Waals surface area contributed by atoms with Crippen LogP contribution in [-0.4, -0.2) is 23.2 Å². The van der Waals surface area contributed by atoms with Gasteiger partial charge in [-0.1, -0.05) is 11.6 Å². The van der Waals surface area contributed by atoms with E-state index in [1.807, 2.05) is 39.0 Å². The number of thiophene rings is 1. The summed E-state index contributed by atoms with van der Waals surface area (Å²) in [7, 11) is 0. The van der Waals surface area contributed by atoms with Crippen molar-refractivity contribution < 1.29 is 9.90 Å². The fourth-order valence-electron chi connectivity index (χ4n) is 2.11. The van der Waals surface area contributed by atoms with Crippen molar-refractivity contribution in [1.29, 1.82) is 0 Å². The van der Waals surface area contributed by atoms with E-state index in [4.69, 9.17) is 10.8 Å². The molecule has 0 fully saturated rings. The normalized spacial score (nSPS) is 11.8. The van der Waals surface area contributed by atoms with E-state index in [1.165, 1.54) is 11.3 Å². The first kappa shape index (κ1) is 14.8. The summed E-state index contributed by atoms with van der Waals surface area (Å²) in [6.07, 6.45) is 0.503. The third-order valence-corrected chi connectivity index (χ3v) is 4.46. The van der Waals surface area contributed by atoms with Gasteiger partial charge in [-0.2, -0.15) is 0 Å². The van der Waals surface area contributed by atoms with E-state index in [1.54, 1.807) is 0 Å². The van der Waals surface area contributed by atoms with Gasteiger partial charge in [-0.15, -0.1) is 11.3 Å². The summed E-state index contributed by atoms with van der Waals surface area (Å²) in [6.45, 7) is 5.80. The molecule has 0 saturated carbocycles. The quantitative estimate of drug-likeness (QED) is 0.811. The first-order valence-electron chi connectivity index (χ1n) is 6.56. The molecule has 1 heterocycles. The van der Waals surface area contributed by atoms with Gasteiger partial charge in [-0.25, -0.2) is 0 Å². The Morgan fingerprint density at radius 3 is 2.80 bits per heavy atom. The number of rotatable bonds is 4. The molecule has 2 rings (SSSR count). The van der Waals surface area contributed by atoms with Gasteiger partial charge in [0.15, 0.2) is 0 Å². The van der Waals surface area contributed by atoms with E-state index in [0.717, 1.165) is 15.6 Å². The number of anilines is 1. The van der Waals surface area contributed by atoms with E-state index in [9.17, 15) is 4.79 Å². The molecule has 4 N–H and O–H groups in total. The lowest BCUT2D eigenvalue weighted by molar-refractivity contribution is 0.0904. The van der Waals surface area contributed by atoms with Gasteiger partial charge in [0.2, 0.25) is 0 Å². The van der Waals surface area contributed by atoms with Crippen LogP contribution in [0.2, 0.25) is 0 Å². The summed E-state index contributed by atoms with van der Waals surface area (Å²) in [6, 6.07) is 5.99. The van der Waals surface area contributed by atoms with Gasteiger partial charge < -0.3 is 16.2 Å². The van der Waals surface area contributed by atoms with Crippen molar-refractivity contribution in [3.8, 4) is 0 Å². The van der Waals surface area contributed by atoms with Crippen LogP contribution >= 0.6 is 11.3 Å². The molecule has 1 aromatic carbocycles. The van der Waals surface area contributed by atoms with Crippen molar-refractivity contribution in [3.63, 3.8) is 0 Å². The number of carbonyl (C=O) groups is 1. The number of nitrogens with one attached hydrogen (secondary N) is 1.